The Morgan fingerprint density at radius 2 is 1.72 bits per heavy atom. The van der Waals surface area contributed by atoms with Gasteiger partial charge < -0.3 is 24.6 Å². The molecular formula is C23H35N3O2S. The minimum absolute atomic E-state index is 0.319. The number of fused-ring (bicyclic) bond motifs is 1. The van der Waals surface area contributed by atoms with E-state index < -0.39 is 0 Å². The molecule has 0 spiro atoms. The topological polar surface area (TPSA) is 37.0 Å². The third-order valence-electron chi connectivity index (χ3n) is 6.61. The molecule has 0 bridgehead atoms. The van der Waals surface area contributed by atoms with Crippen molar-refractivity contribution < 1.29 is 9.47 Å². The molecule has 2 aliphatic heterocycles. The first kappa shape index (κ1) is 20.7. The average Bonchev–Trinajstić information content (AvgIpc) is 3.16. The van der Waals surface area contributed by atoms with Gasteiger partial charge in [0.1, 0.15) is 0 Å². The van der Waals surface area contributed by atoms with Crippen LogP contribution in [0.5, 0.6) is 11.5 Å². The normalized spacial score (nSPS) is 21.4. The molecule has 5 nitrogen and oxygen atoms in total. The number of nitrogens with one attached hydrogen (secondary N) is 1. The van der Waals surface area contributed by atoms with E-state index in [0.717, 1.165) is 49.1 Å². The van der Waals surface area contributed by atoms with Crippen molar-refractivity contribution in [3.8, 4) is 11.5 Å². The van der Waals surface area contributed by atoms with Gasteiger partial charge in [-0.25, -0.2) is 0 Å². The minimum atomic E-state index is 0.319. The van der Waals surface area contributed by atoms with Gasteiger partial charge in [0.15, 0.2) is 16.6 Å². The number of piperidine rings is 1. The first-order chi connectivity index (χ1) is 14.2. The van der Waals surface area contributed by atoms with Crippen LogP contribution in [0.25, 0.3) is 0 Å². The average molecular weight is 418 g/mol. The zero-order valence-corrected chi connectivity index (χ0v) is 18.5. The van der Waals surface area contributed by atoms with E-state index in [1.807, 2.05) is 6.07 Å². The molecule has 1 aromatic rings. The fourth-order valence-electron chi connectivity index (χ4n) is 4.77. The van der Waals surface area contributed by atoms with Gasteiger partial charge in [-0.05, 0) is 75.7 Å². The van der Waals surface area contributed by atoms with Crippen LogP contribution in [0.2, 0.25) is 0 Å². The van der Waals surface area contributed by atoms with Crippen molar-refractivity contribution in [3.63, 3.8) is 0 Å². The largest absolute Gasteiger partial charge is 0.454 e. The second-order valence-corrected chi connectivity index (χ2v) is 9.23. The van der Waals surface area contributed by atoms with Crippen molar-refractivity contribution >= 4 is 17.3 Å². The Kier molecular flexibility index (Phi) is 7.14. The fraction of sp³-hybridized carbons (Fsp3) is 0.696. The molecular weight excluding hydrogens is 382 g/mol. The smallest absolute Gasteiger partial charge is 0.231 e. The van der Waals surface area contributed by atoms with Gasteiger partial charge in [0, 0.05) is 18.6 Å². The molecule has 1 N–H and O–H groups in total. The number of nitrogens with zero attached hydrogens (tertiary/aromatic N) is 2. The first-order valence-electron chi connectivity index (χ1n) is 11.3. The minimum Gasteiger partial charge on any atom is -0.454 e. The highest BCUT2D eigenvalue weighted by atomic mass is 32.1. The number of hydrogen-bond acceptors (Lipinski definition) is 4. The van der Waals surface area contributed by atoms with Crippen molar-refractivity contribution in [3.05, 3.63) is 23.8 Å². The van der Waals surface area contributed by atoms with Crippen molar-refractivity contribution in [2.45, 2.75) is 76.4 Å². The van der Waals surface area contributed by atoms with E-state index >= 15 is 0 Å². The summed E-state index contributed by atoms with van der Waals surface area (Å²) in [5, 5.41) is 4.69. The lowest BCUT2D eigenvalue weighted by atomic mass is 9.97. The van der Waals surface area contributed by atoms with Gasteiger partial charge >= 0.3 is 0 Å². The maximum absolute atomic E-state index is 5.99. The summed E-state index contributed by atoms with van der Waals surface area (Å²) >= 11 is 5.99. The fourth-order valence-corrected chi connectivity index (χ4v) is 5.15. The molecule has 3 aliphatic rings. The third-order valence-corrected chi connectivity index (χ3v) is 6.96. The number of ether oxygens (including phenoxy) is 2. The van der Waals surface area contributed by atoms with E-state index in [1.54, 1.807) is 0 Å². The highest BCUT2D eigenvalue weighted by molar-refractivity contribution is 7.80. The quantitative estimate of drug-likeness (QED) is 0.736. The molecule has 6 heteroatoms. The number of thiocarbonyl (C=S) groups is 1. The zero-order valence-electron chi connectivity index (χ0n) is 17.7. The van der Waals surface area contributed by atoms with Gasteiger partial charge in [0.25, 0.3) is 0 Å². The van der Waals surface area contributed by atoms with Crippen LogP contribution in [-0.2, 0) is 6.54 Å². The Balaban J connectivity index is 1.46. The Labute approximate surface area is 180 Å². The molecule has 0 radical (unpaired) electrons. The summed E-state index contributed by atoms with van der Waals surface area (Å²) in [4.78, 5) is 4.86. The van der Waals surface area contributed by atoms with Gasteiger partial charge in [-0.3, -0.25) is 0 Å². The highest BCUT2D eigenvalue weighted by Crippen LogP contribution is 2.33. The summed E-state index contributed by atoms with van der Waals surface area (Å²) in [6.07, 6.45) is 11.6. The molecule has 1 saturated heterocycles. The molecule has 0 aromatic heterocycles. The highest BCUT2D eigenvalue weighted by Gasteiger charge is 2.27. The molecule has 2 fully saturated rings. The van der Waals surface area contributed by atoms with E-state index in [0.29, 0.717) is 18.9 Å². The molecule has 2 heterocycles. The van der Waals surface area contributed by atoms with Crippen molar-refractivity contribution in [2.75, 3.05) is 26.9 Å². The third kappa shape index (κ3) is 5.54. The zero-order chi connectivity index (χ0) is 20.1. The lowest BCUT2D eigenvalue weighted by Gasteiger charge is -2.40. The van der Waals surface area contributed by atoms with Crippen LogP contribution in [0.15, 0.2) is 18.2 Å². The van der Waals surface area contributed by atoms with Crippen LogP contribution < -0.4 is 14.8 Å². The second kappa shape index (κ2) is 9.98. The summed E-state index contributed by atoms with van der Waals surface area (Å²) in [5.41, 5.74) is 1.23. The second-order valence-electron chi connectivity index (χ2n) is 8.84. The van der Waals surface area contributed by atoms with Gasteiger partial charge in [-0.15, -0.1) is 0 Å². The van der Waals surface area contributed by atoms with Crippen molar-refractivity contribution in [1.29, 1.82) is 0 Å². The van der Waals surface area contributed by atoms with E-state index in [1.165, 1.54) is 50.5 Å². The van der Waals surface area contributed by atoms with Crippen molar-refractivity contribution in [2.24, 2.45) is 0 Å². The maximum Gasteiger partial charge on any atom is 0.231 e. The molecule has 0 unspecified atom stereocenters. The van der Waals surface area contributed by atoms with Crippen LogP contribution in [0.3, 0.4) is 0 Å². The van der Waals surface area contributed by atoms with E-state index in [9.17, 15) is 0 Å². The van der Waals surface area contributed by atoms with E-state index in [-0.39, 0.29) is 0 Å². The molecule has 0 atom stereocenters. The maximum atomic E-state index is 5.99. The van der Waals surface area contributed by atoms with Gasteiger partial charge in [0.2, 0.25) is 6.79 Å². The molecule has 1 aliphatic carbocycles. The number of hydrogen-bond donors (Lipinski definition) is 1. The molecule has 0 amide bonds. The molecule has 4 rings (SSSR count). The first-order valence-corrected chi connectivity index (χ1v) is 11.7. The summed E-state index contributed by atoms with van der Waals surface area (Å²) in [6.45, 7) is 3.41. The lowest BCUT2D eigenvalue weighted by Crippen LogP contribution is -2.51. The standard InChI is InChI=1S/C23H35N3O2S/c1-25-13-11-20(12-14-25)26(16-18-9-10-21-22(15-18)28-17-27-21)23(29)24-19-7-5-3-2-4-6-8-19/h9-10,15,19-20H,2-8,11-14,16-17H2,1H3,(H,24,29). The van der Waals surface area contributed by atoms with Crippen molar-refractivity contribution in [1.82, 2.24) is 15.1 Å². The van der Waals surface area contributed by atoms with Crippen LogP contribution in [-0.4, -0.2) is 53.9 Å². The van der Waals surface area contributed by atoms with E-state index in [4.69, 9.17) is 21.7 Å². The molecule has 1 saturated carbocycles. The Bertz CT molecular complexity index is 683. The van der Waals surface area contributed by atoms with E-state index in [2.05, 4.69) is 34.3 Å². The number of rotatable bonds is 4. The lowest BCUT2D eigenvalue weighted by molar-refractivity contribution is 0.169. The van der Waals surface area contributed by atoms with Crippen LogP contribution >= 0.6 is 12.2 Å². The summed E-state index contributed by atoms with van der Waals surface area (Å²) in [6, 6.07) is 7.30. The van der Waals surface area contributed by atoms with Crippen LogP contribution in [0, 0.1) is 0 Å². The Morgan fingerprint density at radius 3 is 2.48 bits per heavy atom. The van der Waals surface area contributed by atoms with Gasteiger partial charge in [-0.2, -0.15) is 0 Å². The van der Waals surface area contributed by atoms with Gasteiger partial charge in [0.05, 0.1) is 0 Å². The predicted octanol–water partition coefficient (Wildman–Crippen LogP) is 4.30. The molecule has 1 aromatic carbocycles. The Hall–Kier alpha value is -1.53. The Morgan fingerprint density at radius 1 is 1.03 bits per heavy atom. The van der Waals surface area contributed by atoms with Crippen LogP contribution in [0.1, 0.15) is 63.4 Å². The van der Waals surface area contributed by atoms with Crippen LogP contribution in [0.4, 0.5) is 0 Å². The molecule has 29 heavy (non-hydrogen) atoms. The summed E-state index contributed by atoms with van der Waals surface area (Å²) < 4.78 is 11.1. The number of benzene rings is 1. The molecule has 160 valence electrons. The number of likely N-dealkylation sites (tertiary alicyclic amines) is 1. The predicted molar refractivity (Wildman–Crippen MR) is 120 cm³/mol. The monoisotopic (exact) mass is 417 g/mol. The SMILES string of the molecule is CN1CCC(N(Cc2ccc3c(c2)OCO3)C(=S)NC2CCCCCCC2)CC1. The summed E-state index contributed by atoms with van der Waals surface area (Å²) in [7, 11) is 2.21. The van der Waals surface area contributed by atoms with Gasteiger partial charge in [-0.1, -0.05) is 38.2 Å². The summed E-state index contributed by atoms with van der Waals surface area (Å²) in [5.74, 6) is 1.69.